The van der Waals surface area contributed by atoms with Gasteiger partial charge in [-0.1, -0.05) is 22.0 Å². The van der Waals surface area contributed by atoms with Gasteiger partial charge in [0.25, 0.3) is 0 Å². The smallest absolute Gasteiger partial charge is 0.305 e. The van der Waals surface area contributed by atoms with Crippen LogP contribution in [0.2, 0.25) is 0 Å². The lowest BCUT2D eigenvalue weighted by atomic mass is 10.3. The van der Waals surface area contributed by atoms with Crippen LogP contribution < -0.4 is 16.2 Å². The number of thiocarbonyl (C=S) groups is 1. The van der Waals surface area contributed by atoms with Gasteiger partial charge in [-0.25, -0.2) is 0 Å². The Kier molecular flexibility index (Phi) is 4.53. The summed E-state index contributed by atoms with van der Waals surface area (Å²) in [5, 5.41) is 3.20. The average Bonchev–Trinajstić information content (AvgIpc) is 2.90. The molecule has 0 saturated carbocycles. The summed E-state index contributed by atoms with van der Waals surface area (Å²) >= 11 is 8.40. The van der Waals surface area contributed by atoms with E-state index in [1.165, 1.54) is 6.26 Å². The van der Waals surface area contributed by atoms with Crippen LogP contribution in [0.4, 0.5) is 5.69 Å². The quantitative estimate of drug-likeness (QED) is 0.579. The molecule has 1 aromatic carbocycles. The summed E-state index contributed by atoms with van der Waals surface area (Å²) in [5.41, 5.74) is 5.81. The summed E-state index contributed by atoms with van der Waals surface area (Å²) in [6, 6.07) is 10.7. The highest BCUT2D eigenvalue weighted by molar-refractivity contribution is 9.10. The average molecular weight is 340 g/mol. The summed E-state index contributed by atoms with van der Waals surface area (Å²) in [6.07, 6.45) is 1.42. The van der Waals surface area contributed by atoms with Crippen LogP contribution in [-0.4, -0.2) is 11.0 Å². The zero-order valence-electron chi connectivity index (χ0n) is 9.64. The summed E-state index contributed by atoms with van der Waals surface area (Å²) in [7, 11) is 0. The molecule has 19 heavy (non-hydrogen) atoms. The molecular formula is C12H10BrN3O2S. The Morgan fingerprint density at radius 2 is 2.05 bits per heavy atom. The Morgan fingerprint density at radius 1 is 1.21 bits per heavy atom. The molecule has 98 valence electrons. The number of furan rings is 1. The van der Waals surface area contributed by atoms with Gasteiger partial charge in [0.2, 0.25) is 0 Å². The summed E-state index contributed by atoms with van der Waals surface area (Å²) < 4.78 is 5.87. The Labute approximate surface area is 123 Å². The number of rotatable bonds is 2. The number of amides is 1. The van der Waals surface area contributed by atoms with Gasteiger partial charge in [0, 0.05) is 10.2 Å². The van der Waals surface area contributed by atoms with Crippen molar-refractivity contribution in [1.82, 2.24) is 10.9 Å². The lowest BCUT2D eigenvalue weighted by Gasteiger charge is -2.10. The predicted octanol–water partition coefficient (Wildman–Crippen LogP) is 2.67. The molecule has 1 heterocycles. The van der Waals surface area contributed by atoms with Gasteiger partial charge in [0.05, 0.1) is 6.26 Å². The third kappa shape index (κ3) is 4.08. The van der Waals surface area contributed by atoms with E-state index in [0.29, 0.717) is 0 Å². The Balaban J connectivity index is 1.83. The van der Waals surface area contributed by atoms with E-state index < -0.39 is 5.91 Å². The highest BCUT2D eigenvalue weighted by Crippen LogP contribution is 2.15. The van der Waals surface area contributed by atoms with Gasteiger partial charge in [-0.15, -0.1) is 0 Å². The number of carbonyl (C=O) groups excluding carboxylic acids is 1. The van der Waals surface area contributed by atoms with Gasteiger partial charge in [0.15, 0.2) is 10.9 Å². The number of halogens is 1. The molecule has 0 aliphatic rings. The first-order valence-corrected chi connectivity index (χ1v) is 6.52. The summed E-state index contributed by atoms with van der Waals surface area (Å²) in [5.74, 6) is -0.193. The molecule has 0 atom stereocenters. The first-order chi connectivity index (χ1) is 9.15. The molecule has 0 unspecified atom stereocenters. The van der Waals surface area contributed by atoms with Crippen LogP contribution in [0.15, 0.2) is 51.6 Å². The van der Waals surface area contributed by atoms with Gasteiger partial charge in [-0.2, -0.15) is 0 Å². The van der Waals surface area contributed by atoms with Crippen LogP contribution in [0, 0.1) is 0 Å². The van der Waals surface area contributed by atoms with Crippen molar-refractivity contribution in [1.29, 1.82) is 0 Å². The van der Waals surface area contributed by atoms with Crippen LogP contribution in [0.5, 0.6) is 0 Å². The fourth-order valence-corrected chi connectivity index (χ4v) is 1.88. The molecular weight excluding hydrogens is 330 g/mol. The van der Waals surface area contributed by atoms with Crippen molar-refractivity contribution >= 4 is 44.9 Å². The van der Waals surface area contributed by atoms with Crippen LogP contribution in [-0.2, 0) is 0 Å². The number of nitrogens with one attached hydrogen (secondary N) is 3. The van der Waals surface area contributed by atoms with E-state index in [1.54, 1.807) is 12.1 Å². The van der Waals surface area contributed by atoms with Crippen LogP contribution in [0.1, 0.15) is 10.6 Å². The first-order valence-electron chi connectivity index (χ1n) is 5.31. The molecule has 5 nitrogen and oxygen atoms in total. The minimum atomic E-state index is -0.400. The maximum atomic E-state index is 11.6. The number of anilines is 1. The molecule has 0 spiro atoms. The molecule has 0 aliphatic carbocycles. The van der Waals surface area contributed by atoms with Gasteiger partial charge >= 0.3 is 5.91 Å². The topological polar surface area (TPSA) is 66.3 Å². The van der Waals surface area contributed by atoms with Crippen molar-refractivity contribution in [3.8, 4) is 0 Å². The molecule has 1 amide bonds. The zero-order chi connectivity index (χ0) is 13.7. The molecule has 0 aliphatic heterocycles. The molecule has 1 aromatic heterocycles. The Morgan fingerprint density at radius 3 is 2.74 bits per heavy atom. The fraction of sp³-hybridized carbons (Fsp3) is 0. The van der Waals surface area contributed by atoms with Crippen LogP contribution >= 0.6 is 28.1 Å². The van der Waals surface area contributed by atoms with Crippen molar-refractivity contribution in [2.24, 2.45) is 0 Å². The normalized spacial score (nSPS) is 9.74. The van der Waals surface area contributed by atoms with E-state index in [2.05, 4.69) is 32.1 Å². The summed E-state index contributed by atoms with van der Waals surface area (Å²) in [6.45, 7) is 0. The molecule has 0 radical (unpaired) electrons. The molecule has 2 rings (SSSR count). The number of benzene rings is 1. The van der Waals surface area contributed by atoms with Gasteiger partial charge in [-0.05, 0) is 42.5 Å². The van der Waals surface area contributed by atoms with E-state index >= 15 is 0 Å². The molecule has 2 aromatic rings. The highest BCUT2D eigenvalue weighted by Gasteiger charge is 2.07. The Bertz CT molecular complexity index is 586. The van der Waals surface area contributed by atoms with E-state index in [1.807, 2.05) is 24.3 Å². The minimum Gasteiger partial charge on any atom is -0.459 e. The molecule has 3 N–H and O–H groups in total. The molecule has 7 heteroatoms. The van der Waals surface area contributed by atoms with Crippen molar-refractivity contribution in [3.05, 3.63) is 52.9 Å². The maximum absolute atomic E-state index is 11.6. The maximum Gasteiger partial charge on any atom is 0.305 e. The van der Waals surface area contributed by atoms with Crippen molar-refractivity contribution < 1.29 is 9.21 Å². The molecule has 0 fully saturated rings. The third-order valence-corrected chi connectivity index (χ3v) is 2.81. The van der Waals surface area contributed by atoms with E-state index in [4.69, 9.17) is 16.6 Å². The SMILES string of the molecule is O=C(NNC(=S)Nc1cccc(Br)c1)c1ccco1. The number of hydrogen-bond acceptors (Lipinski definition) is 3. The van der Waals surface area contributed by atoms with Gasteiger partial charge in [-0.3, -0.25) is 15.6 Å². The van der Waals surface area contributed by atoms with Crippen molar-refractivity contribution in [3.63, 3.8) is 0 Å². The van der Waals surface area contributed by atoms with Crippen LogP contribution in [0.3, 0.4) is 0 Å². The predicted molar refractivity (Wildman–Crippen MR) is 79.7 cm³/mol. The van der Waals surface area contributed by atoms with Gasteiger partial charge < -0.3 is 9.73 Å². The lowest BCUT2D eigenvalue weighted by molar-refractivity contribution is 0.0916. The zero-order valence-corrected chi connectivity index (χ0v) is 12.0. The number of hydrazine groups is 1. The third-order valence-electron chi connectivity index (χ3n) is 2.12. The highest BCUT2D eigenvalue weighted by atomic mass is 79.9. The standard InChI is InChI=1S/C12H10BrN3O2S/c13-8-3-1-4-9(7-8)14-12(19)16-15-11(17)10-5-2-6-18-10/h1-7H,(H,15,17)(H2,14,16,19). The van der Waals surface area contributed by atoms with E-state index in [9.17, 15) is 4.79 Å². The fourth-order valence-electron chi connectivity index (χ4n) is 1.31. The van der Waals surface area contributed by atoms with Crippen LogP contribution in [0.25, 0.3) is 0 Å². The lowest BCUT2D eigenvalue weighted by Crippen LogP contribution is -2.43. The largest absolute Gasteiger partial charge is 0.459 e. The van der Waals surface area contributed by atoms with Crippen molar-refractivity contribution in [2.75, 3.05) is 5.32 Å². The Hall–Kier alpha value is -1.86. The minimum absolute atomic E-state index is 0.206. The molecule has 0 bridgehead atoms. The van der Waals surface area contributed by atoms with E-state index in [0.717, 1.165) is 10.2 Å². The second kappa shape index (κ2) is 6.35. The second-order valence-corrected chi connectivity index (χ2v) is 4.84. The van der Waals surface area contributed by atoms with Gasteiger partial charge in [0.1, 0.15) is 0 Å². The second-order valence-electron chi connectivity index (χ2n) is 3.52. The monoisotopic (exact) mass is 339 g/mol. The summed E-state index contributed by atoms with van der Waals surface area (Å²) in [4.78, 5) is 11.6. The van der Waals surface area contributed by atoms with Crippen molar-refractivity contribution in [2.45, 2.75) is 0 Å². The molecule has 0 saturated heterocycles. The van der Waals surface area contributed by atoms with E-state index in [-0.39, 0.29) is 10.9 Å². The number of hydrogen-bond donors (Lipinski definition) is 3. The first kappa shape index (κ1) is 13.6. The number of carbonyl (C=O) groups is 1.